The summed E-state index contributed by atoms with van der Waals surface area (Å²) in [6.07, 6.45) is -3.57. The Hall–Kier alpha value is -3.52. The Morgan fingerprint density at radius 2 is 1.97 bits per heavy atom. The topological polar surface area (TPSA) is 97.8 Å². The molecule has 0 radical (unpaired) electrons. The summed E-state index contributed by atoms with van der Waals surface area (Å²) in [5.41, 5.74) is 0.735. The lowest BCUT2D eigenvalue weighted by Crippen LogP contribution is -2.46. The van der Waals surface area contributed by atoms with Gasteiger partial charge in [-0.25, -0.2) is 14.2 Å². The molecule has 0 bridgehead atoms. The lowest BCUT2D eigenvalue weighted by Gasteiger charge is -2.33. The summed E-state index contributed by atoms with van der Waals surface area (Å²) in [5.74, 6) is -0.788. The average Bonchev–Trinajstić information content (AvgIpc) is 3.10. The van der Waals surface area contributed by atoms with Crippen LogP contribution in [0.3, 0.4) is 0 Å². The largest absolute Gasteiger partial charge is 0.481 e. The number of carbonyl (C=O) groups is 2. The Kier molecular flexibility index (Phi) is 5.10. The number of methoxy groups -OCH3 is 1. The van der Waals surface area contributed by atoms with Crippen molar-refractivity contribution in [2.45, 2.75) is 31.5 Å². The normalized spacial score (nSPS) is 17.4. The Morgan fingerprint density at radius 1 is 1.19 bits per heavy atom. The van der Waals surface area contributed by atoms with Gasteiger partial charge >= 0.3 is 6.09 Å². The minimum absolute atomic E-state index is 0.236. The molecule has 3 aromatic rings. The van der Waals surface area contributed by atoms with Gasteiger partial charge in [0.05, 0.1) is 12.8 Å². The molecule has 31 heavy (non-hydrogen) atoms. The highest BCUT2D eigenvalue weighted by Crippen LogP contribution is 2.37. The van der Waals surface area contributed by atoms with Crippen molar-refractivity contribution in [3.8, 4) is 17.1 Å². The molecule has 7 nitrogen and oxygen atoms in total. The minimum Gasteiger partial charge on any atom is -0.481 e. The molecule has 0 aliphatic carbocycles. The second kappa shape index (κ2) is 7.63. The number of fused-ring (bicyclic) bond motifs is 1. The van der Waals surface area contributed by atoms with E-state index in [2.05, 4.69) is 4.98 Å². The van der Waals surface area contributed by atoms with Gasteiger partial charge in [-0.05, 0) is 23.6 Å². The van der Waals surface area contributed by atoms with Crippen LogP contribution >= 0.6 is 0 Å². The number of hydrogen-bond donors (Lipinski definition) is 2. The van der Waals surface area contributed by atoms with Gasteiger partial charge in [-0.2, -0.15) is 0 Å². The monoisotopic (exact) mass is 424 g/mol. The van der Waals surface area contributed by atoms with E-state index < -0.39 is 29.6 Å². The first-order valence-corrected chi connectivity index (χ1v) is 9.66. The Morgan fingerprint density at radius 3 is 2.65 bits per heavy atom. The van der Waals surface area contributed by atoms with Gasteiger partial charge in [-0.15, -0.1) is 0 Å². The molecule has 2 aromatic carbocycles. The number of aliphatic hydroxyl groups is 1. The van der Waals surface area contributed by atoms with E-state index in [1.807, 2.05) is 23.5 Å². The molecule has 1 fully saturated rings. The number of halogens is 1. The van der Waals surface area contributed by atoms with Crippen molar-refractivity contribution < 1.29 is 28.6 Å². The second-order valence-corrected chi connectivity index (χ2v) is 7.91. The van der Waals surface area contributed by atoms with Crippen LogP contribution in [-0.2, 0) is 14.9 Å². The number of nitrogens with zero attached hydrogens (tertiary/aromatic N) is 1. The first-order valence-electron chi connectivity index (χ1n) is 9.66. The lowest BCUT2D eigenvalue weighted by atomic mass is 9.77. The lowest BCUT2D eigenvalue weighted by molar-refractivity contribution is -0.130. The summed E-state index contributed by atoms with van der Waals surface area (Å²) < 4.78 is 24.6. The standard InChI is InChI=1S/C23H21FN2O5/c1-23(2,19(27)18-20(28)26-22(29)31-18)15-9-10-17(25-21(15)30-3)13-8-7-12-5-4-6-16(24)14(12)11-13/h4-11,18-19,27H,1-3H3,(H,26,28,29). The SMILES string of the molecule is COc1nc(-c2ccc3cccc(F)c3c2)ccc1C(C)(C)C(O)C1OC(=O)NC1=O. The van der Waals surface area contributed by atoms with Crippen molar-refractivity contribution in [2.24, 2.45) is 0 Å². The van der Waals surface area contributed by atoms with Crippen LogP contribution in [0.2, 0.25) is 0 Å². The molecule has 2 atom stereocenters. The fraction of sp³-hybridized carbons (Fsp3) is 0.261. The number of cyclic esters (lactones) is 1. The van der Waals surface area contributed by atoms with Gasteiger partial charge < -0.3 is 14.6 Å². The van der Waals surface area contributed by atoms with Gasteiger partial charge in [0, 0.05) is 21.9 Å². The van der Waals surface area contributed by atoms with E-state index in [4.69, 9.17) is 9.47 Å². The van der Waals surface area contributed by atoms with E-state index >= 15 is 0 Å². The maximum atomic E-state index is 14.2. The van der Waals surface area contributed by atoms with Gasteiger partial charge in [0.2, 0.25) is 12.0 Å². The number of imide groups is 1. The van der Waals surface area contributed by atoms with Crippen LogP contribution in [-0.4, -0.2) is 41.4 Å². The molecule has 1 aromatic heterocycles. The van der Waals surface area contributed by atoms with E-state index in [0.717, 1.165) is 5.39 Å². The van der Waals surface area contributed by atoms with Crippen LogP contribution in [0.15, 0.2) is 48.5 Å². The predicted molar refractivity (Wildman–Crippen MR) is 111 cm³/mol. The first-order chi connectivity index (χ1) is 14.7. The molecular formula is C23H21FN2O5. The first kappa shape index (κ1) is 20.7. The summed E-state index contributed by atoms with van der Waals surface area (Å²) >= 11 is 0. The number of nitrogens with one attached hydrogen (secondary N) is 1. The van der Waals surface area contributed by atoms with Gasteiger partial charge in [0.15, 0.2) is 0 Å². The van der Waals surface area contributed by atoms with Crippen LogP contribution in [0.4, 0.5) is 9.18 Å². The predicted octanol–water partition coefficient (Wildman–Crippen LogP) is 3.32. The van der Waals surface area contributed by atoms with E-state index in [1.165, 1.54) is 13.2 Å². The maximum Gasteiger partial charge on any atom is 0.414 e. The maximum absolute atomic E-state index is 14.2. The van der Waals surface area contributed by atoms with Crippen LogP contribution in [0.1, 0.15) is 19.4 Å². The van der Waals surface area contributed by atoms with Crippen molar-refractivity contribution in [3.05, 3.63) is 59.9 Å². The number of aromatic nitrogens is 1. The number of amides is 2. The van der Waals surface area contributed by atoms with Crippen LogP contribution < -0.4 is 10.1 Å². The third kappa shape index (κ3) is 3.59. The van der Waals surface area contributed by atoms with E-state index in [9.17, 15) is 19.1 Å². The number of pyridine rings is 1. The van der Waals surface area contributed by atoms with E-state index in [-0.39, 0.29) is 11.7 Å². The Labute approximate surface area is 177 Å². The molecule has 1 aliphatic heterocycles. The molecule has 2 N–H and O–H groups in total. The van der Waals surface area contributed by atoms with Crippen molar-refractivity contribution >= 4 is 22.8 Å². The highest BCUT2D eigenvalue weighted by molar-refractivity contribution is 6.00. The number of carbonyl (C=O) groups excluding carboxylic acids is 2. The number of benzene rings is 2. The molecule has 0 saturated carbocycles. The van der Waals surface area contributed by atoms with Gasteiger partial charge in [-0.3, -0.25) is 10.1 Å². The zero-order valence-corrected chi connectivity index (χ0v) is 17.2. The fourth-order valence-corrected chi connectivity index (χ4v) is 3.76. The number of aliphatic hydroxyl groups excluding tert-OH is 1. The summed E-state index contributed by atoms with van der Waals surface area (Å²) in [4.78, 5) is 27.8. The molecule has 8 heteroatoms. The second-order valence-electron chi connectivity index (χ2n) is 7.91. The number of alkyl carbamates (subject to hydrolysis) is 1. The molecule has 4 rings (SSSR count). The fourth-order valence-electron chi connectivity index (χ4n) is 3.76. The highest BCUT2D eigenvalue weighted by Gasteiger charge is 2.46. The minimum atomic E-state index is -1.34. The zero-order valence-electron chi connectivity index (χ0n) is 17.2. The molecule has 160 valence electrons. The molecule has 2 amide bonds. The quantitative estimate of drug-likeness (QED) is 0.652. The van der Waals surface area contributed by atoms with Crippen LogP contribution in [0.25, 0.3) is 22.0 Å². The molecule has 2 heterocycles. The van der Waals surface area contributed by atoms with Gasteiger partial charge in [0.25, 0.3) is 5.91 Å². The van der Waals surface area contributed by atoms with Crippen LogP contribution in [0, 0.1) is 5.82 Å². The molecule has 0 spiro atoms. The molecule has 2 unspecified atom stereocenters. The zero-order chi connectivity index (χ0) is 22.3. The third-order valence-electron chi connectivity index (χ3n) is 5.62. The van der Waals surface area contributed by atoms with Crippen molar-refractivity contribution in [3.63, 3.8) is 0 Å². The number of hydrogen-bond acceptors (Lipinski definition) is 6. The van der Waals surface area contributed by atoms with Gasteiger partial charge in [-0.1, -0.05) is 44.2 Å². The number of rotatable bonds is 5. The van der Waals surface area contributed by atoms with E-state index in [0.29, 0.717) is 22.2 Å². The van der Waals surface area contributed by atoms with E-state index in [1.54, 1.807) is 38.1 Å². The highest BCUT2D eigenvalue weighted by atomic mass is 19.1. The summed E-state index contributed by atoms with van der Waals surface area (Å²) in [7, 11) is 1.44. The molecule has 1 saturated heterocycles. The third-order valence-corrected chi connectivity index (χ3v) is 5.62. The average molecular weight is 424 g/mol. The summed E-state index contributed by atoms with van der Waals surface area (Å²) in [6.45, 7) is 3.39. The Balaban J connectivity index is 1.72. The smallest absolute Gasteiger partial charge is 0.414 e. The summed E-state index contributed by atoms with van der Waals surface area (Å²) in [6, 6.07) is 13.7. The van der Waals surface area contributed by atoms with Crippen molar-refractivity contribution in [1.29, 1.82) is 0 Å². The van der Waals surface area contributed by atoms with Crippen LogP contribution in [0.5, 0.6) is 5.88 Å². The number of ether oxygens (including phenoxy) is 2. The molecular weight excluding hydrogens is 403 g/mol. The Bertz CT molecular complexity index is 1190. The van der Waals surface area contributed by atoms with Gasteiger partial charge in [0.1, 0.15) is 11.9 Å². The van der Waals surface area contributed by atoms with Crippen molar-refractivity contribution in [2.75, 3.05) is 7.11 Å². The summed E-state index contributed by atoms with van der Waals surface area (Å²) in [5, 5.41) is 14.1. The van der Waals surface area contributed by atoms with Crippen molar-refractivity contribution in [1.82, 2.24) is 10.3 Å². The molecule has 1 aliphatic rings.